The summed E-state index contributed by atoms with van der Waals surface area (Å²) in [5.74, 6) is -0.263. The van der Waals surface area contributed by atoms with Crippen molar-refractivity contribution in [2.24, 2.45) is 11.7 Å². The van der Waals surface area contributed by atoms with E-state index in [2.05, 4.69) is 6.07 Å². The SMILES string of the molecule is N#CC1CCCCC1(N)C#N. The van der Waals surface area contributed by atoms with E-state index >= 15 is 0 Å². The molecule has 3 nitrogen and oxygen atoms in total. The van der Waals surface area contributed by atoms with Crippen molar-refractivity contribution in [1.82, 2.24) is 0 Å². The molecule has 0 amide bonds. The molecule has 2 N–H and O–H groups in total. The van der Waals surface area contributed by atoms with E-state index in [1.165, 1.54) is 0 Å². The molecule has 1 aliphatic carbocycles. The molecule has 11 heavy (non-hydrogen) atoms. The largest absolute Gasteiger partial charge is 0.312 e. The molecule has 1 saturated carbocycles. The van der Waals surface area contributed by atoms with Crippen LogP contribution in [0.4, 0.5) is 0 Å². The lowest BCUT2D eigenvalue weighted by atomic mass is 9.75. The standard InChI is InChI=1S/C8H11N3/c9-5-7-3-1-2-4-8(7,11)6-10/h7H,1-4,11H2. The fourth-order valence-corrected chi connectivity index (χ4v) is 1.51. The lowest BCUT2D eigenvalue weighted by molar-refractivity contribution is 0.299. The van der Waals surface area contributed by atoms with Crippen LogP contribution in [0.2, 0.25) is 0 Å². The fourth-order valence-electron chi connectivity index (χ4n) is 1.51. The third-order valence-corrected chi connectivity index (χ3v) is 2.32. The molecule has 3 heteroatoms. The minimum Gasteiger partial charge on any atom is -0.312 e. The smallest absolute Gasteiger partial charge is 0.120 e. The van der Waals surface area contributed by atoms with Crippen LogP contribution in [0.3, 0.4) is 0 Å². The molecule has 2 atom stereocenters. The Labute approximate surface area is 66.4 Å². The molecule has 1 aliphatic rings. The summed E-state index contributed by atoms with van der Waals surface area (Å²) in [6.07, 6.45) is 3.45. The first-order chi connectivity index (χ1) is 5.23. The zero-order chi connectivity index (χ0) is 8.32. The molecule has 0 bridgehead atoms. The van der Waals surface area contributed by atoms with Gasteiger partial charge in [-0.2, -0.15) is 10.5 Å². The Balaban J connectivity index is 2.77. The third-order valence-electron chi connectivity index (χ3n) is 2.32. The van der Waals surface area contributed by atoms with E-state index < -0.39 is 5.54 Å². The molecule has 0 radical (unpaired) electrons. The van der Waals surface area contributed by atoms with E-state index in [1.54, 1.807) is 0 Å². The topological polar surface area (TPSA) is 73.6 Å². The summed E-state index contributed by atoms with van der Waals surface area (Å²) in [6, 6.07) is 4.13. The van der Waals surface area contributed by atoms with Crippen LogP contribution in [0, 0.1) is 28.6 Å². The number of hydrogen-bond acceptors (Lipinski definition) is 3. The summed E-state index contributed by atoms with van der Waals surface area (Å²) in [6.45, 7) is 0. The van der Waals surface area contributed by atoms with Gasteiger partial charge < -0.3 is 5.73 Å². The van der Waals surface area contributed by atoms with E-state index in [4.69, 9.17) is 16.3 Å². The molecule has 0 aromatic heterocycles. The predicted molar refractivity (Wildman–Crippen MR) is 40.1 cm³/mol. The normalized spacial score (nSPS) is 37.2. The van der Waals surface area contributed by atoms with Gasteiger partial charge in [0, 0.05) is 0 Å². The highest BCUT2D eigenvalue weighted by molar-refractivity contribution is 5.16. The maximum atomic E-state index is 8.73. The number of nitriles is 2. The van der Waals surface area contributed by atoms with E-state index in [1.807, 2.05) is 6.07 Å². The lowest BCUT2D eigenvalue weighted by Crippen LogP contribution is -2.47. The summed E-state index contributed by atoms with van der Waals surface area (Å²) >= 11 is 0. The highest BCUT2D eigenvalue weighted by Crippen LogP contribution is 2.30. The number of nitrogens with zero attached hydrogens (tertiary/aromatic N) is 2. The quantitative estimate of drug-likeness (QED) is 0.556. The molecule has 0 aliphatic heterocycles. The second-order valence-corrected chi connectivity index (χ2v) is 3.08. The van der Waals surface area contributed by atoms with Crippen LogP contribution in [-0.2, 0) is 0 Å². The summed E-state index contributed by atoms with van der Waals surface area (Å²) in [5.41, 5.74) is 4.86. The molecule has 0 spiro atoms. The van der Waals surface area contributed by atoms with Gasteiger partial charge in [-0.3, -0.25) is 0 Å². The molecule has 0 aromatic carbocycles. The molecule has 0 heterocycles. The Kier molecular flexibility index (Phi) is 2.12. The van der Waals surface area contributed by atoms with Gasteiger partial charge >= 0.3 is 0 Å². The Morgan fingerprint density at radius 1 is 1.36 bits per heavy atom. The van der Waals surface area contributed by atoms with E-state index in [-0.39, 0.29) is 5.92 Å². The monoisotopic (exact) mass is 149 g/mol. The Morgan fingerprint density at radius 3 is 2.55 bits per heavy atom. The summed E-state index contributed by atoms with van der Waals surface area (Å²) in [5, 5.41) is 17.4. The van der Waals surface area contributed by atoms with E-state index in [0.29, 0.717) is 6.42 Å². The van der Waals surface area contributed by atoms with Crippen molar-refractivity contribution in [1.29, 1.82) is 10.5 Å². The number of rotatable bonds is 0. The van der Waals surface area contributed by atoms with Gasteiger partial charge in [0.25, 0.3) is 0 Å². The zero-order valence-corrected chi connectivity index (χ0v) is 6.38. The number of hydrogen-bond donors (Lipinski definition) is 1. The van der Waals surface area contributed by atoms with Crippen LogP contribution in [0.1, 0.15) is 25.7 Å². The average Bonchev–Trinajstić information content (AvgIpc) is 2.05. The van der Waals surface area contributed by atoms with Crippen molar-refractivity contribution < 1.29 is 0 Å². The van der Waals surface area contributed by atoms with Gasteiger partial charge in [-0.1, -0.05) is 12.8 Å². The van der Waals surface area contributed by atoms with Gasteiger partial charge in [-0.15, -0.1) is 0 Å². The summed E-state index contributed by atoms with van der Waals surface area (Å²) < 4.78 is 0. The molecule has 0 saturated heterocycles. The molecule has 2 unspecified atom stereocenters. The Morgan fingerprint density at radius 2 is 2.09 bits per heavy atom. The highest BCUT2D eigenvalue weighted by atomic mass is 14.8. The molecule has 1 fully saturated rings. The zero-order valence-electron chi connectivity index (χ0n) is 6.38. The van der Waals surface area contributed by atoms with Crippen molar-refractivity contribution in [2.75, 3.05) is 0 Å². The van der Waals surface area contributed by atoms with Crippen molar-refractivity contribution in [2.45, 2.75) is 31.2 Å². The first-order valence-corrected chi connectivity index (χ1v) is 3.83. The average molecular weight is 149 g/mol. The summed E-state index contributed by atoms with van der Waals surface area (Å²) in [7, 11) is 0. The maximum absolute atomic E-state index is 8.73. The van der Waals surface area contributed by atoms with Crippen LogP contribution < -0.4 is 5.73 Å². The van der Waals surface area contributed by atoms with E-state index in [9.17, 15) is 0 Å². The lowest BCUT2D eigenvalue weighted by Gasteiger charge is -2.30. The van der Waals surface area contributed by atoms with Crippen molar-refractivity contribution in [3.05, 3.63) is 0 Å². The van der Waals surface area contributed by atoms with Crippen molar-refractivity contribution >= 4 is 0 Å². The predicted octanol–water partition coefficient (Wildman–Crippen LogP) is 0.921. The molecule has 58 valence electrons. The second kappa shape index (κ2) is 2.90. The second-order valence-electron chi connectivity index (χ2n) is 3.08. The van der Waals surface area contributed by atoms with Crippen molar-refractivity contribution in [3.8, 4) is 12.1 Å². The van der Waals surface area contributed by atoms with Gasteiger partial charge in [0.15, 0.2) is 0 Å². The van der Waals surface area contributed by atoms with Crippen LogP contribution in [0.25, 0.3) is 0 Å². The molecular weight excluding hydrogens is 138 g/mol. The highest BCUT2D eigenvalue weighted by Gasteiger charge is 2.37. The first kappa shape index (κ1) is 8.04. The molecule has 1 rings (SSSR count). The molecule has 0 aromatic rings. The minimum atomic E-state index is -0.868. The van der Waals surface area contributed by atoms with Crippen LogP contribution in [0.5, 0.6) is 0 Å². The van der Waals surface area contributed by atoms with Gasteiger partial charge in [-0.05, 0) is 12.8 Å². The van der Waals surface area contributed by atoms with Gasteiger partial charge in [0.2, 0.25) is 0 Å². The minimum absolute atomic E-state index is 0.263. The van der Waals surface area contributed by atoms with Gasteiger partial charge in [-0.25, -0.2) is 0 Å². The fraction of sp³-hybridized carbons (Fsp3) is 0.750. The van der Waals surface area contributed by atoms with Crippen LogP contribution in [-0.4, -0.2) is 5.54 Å². The number of nitrogens with two attached hydrogens (primary N) is 1. The van der Waals surface area contributed by atoms with Gasteiger partial charge in [0.05, 0.1) is 18.1 Å². The van der Waals surface area contributed by atoms with E-state index in [0.717, 1.165) is 19.3 Å². The van der Waals surface area contributed by atoms with Crippen molar-refractivity contribution in [3.63, 3.8) is 0 Å². The maximum Gasteiger partial charge on any atom is 0.120 e. The third kappa shape index (κ3) is 1.34. The van der Waals surface area contributed by atoms with Crippen LogP contribution in [0.15, 0.2) is 0 Å². The van der Waals surface area contributed by atoms with Gasteiger partial charge in [0.1, 0.15) is 5.54 Å². The molecular formula is C8H11N3. The Bertz CT molecular complexity index is 222. The summed E-state index contributed by atoms with van der Waals surface area (Å²) in [4.78, 5) is 0. The van der Waals surface area contributed by atoms with Crippen LogP contribution >= 0.6 is 0 Å². The first-order valence-electron chi connectivity index (χ1n) is 3.83. The Hall–Kier alpha value is -1.06.